The minimum atomic E-state index is -2.90. The third kappa shape index (κ3) is 3.51. The Kier molecular flexibility index (Phi) is 4.07. The first-order chi connectivity index (χ1) is 9.16. The molecule has 0 radical (unpaired) electrons. The molecule has 2 aromatic rings. The highest BCUT2D eigenvalue weighted by Gasteiger charge is 2.10. The van der Waals surface area contributed by atoms with Crippen molar-refractivity contribution >= 4 is 6.03 Å². The summed E-state index contributed by atoms with van der Waals surface area (Å²) in [6.45, 7) is -2.81. The van der Waals surface area contributed by atoms with Crippen molar-refractivity contribution in [1.29, 1.82) is 0 Å². The molecule has 5 nitrogen and oxygen atoms in total. The van der Waals surface area contributed by atoms with E-state index in [0.717, 1.165) is 0 Å². The summed E-state index contributed by atoms with van der Waals surface area (Å²) in [6, 6.07) is 5.89. The van der Waals surface area contributed by atoms with Gasteiger partial charge in [-0.05, 0) is 6.07 Å². The van der Waals surface area contributed by atoms with E-state index < -0.39 is 12.6 Å². The van der Waals surface area contributed by atoms with Crippen LogP contribution in [0.4, 0.5) is 13.6 Å². The zero-order valence-electron chi connectivity index (χ0n) is 9.79. The van der Waals surface area contributed by atoms with Crippen molar-refractivity contribution in [1.82, 2.24) is 14.9 Å². The van der Waals surface area contributed by atoms with Crippen LogP contribution in [-0.2, 0) is 6.54 Å². The molecule has 0 saturated heterocycles. The predicted octanol–water partition coefficient (Wildman–Crippen LogP) is 2.24. The Morgan fingerprint density at radius 2 is 2.21 bits per heavy atom. The average Bonchev–Trinajstić information content (AvgIpc) is 2.90. The lowest BCUT2D eigenvalue weighted by Crippen LogP contribution is -2.27. The van der Waals surface area contributed by atoms with Crippen molar-refractivity contribution in [2.75, 3.05) is 0 Å². The number of hydrogen-bond donors (Lipinski definition) is 1. The van der Waals surface area contributed by atoms with Crippen LogP contribution in [0.1, 0.15) is 5.56 Å². The largest absolute Gasteiger partial charge is 0.434 e. The zero-order valence-corrected chi connectivity index (χ0v) is 9.79. The van der Waals surface area contributed by atoms with E-state index in [2.05, 4.69) is 15.0 Å². The third-order valence-corrected chi connectivity index (χ3v) is 2.36. The number of hydrogen-bond acceptors (Lipinski definition) is 3. The van der Waals surface area contributed by atoms with Gasteiger partial charge in [0.05, 0.1) is 0 Å². The summed E-state index contributed by atoms with van der Waals surface area (Å²) in [5, 5.41) is 2.57. The Bertz CT molecular complexity index is 544. The molecule has 0 aliphatic rings. The van der Waals surface area contributed by atoms with E-state index in [1.165, 1.54) is 29.4 Å². The van der Waals surface area contributed by atoms with E-state index in [1.54, 1.807) is 18.2 Å². The van der Waals surface area contributed by atoms with Gasteiger partial charge in [0, 0.05) is 24.5 Å². The molecule has 0 aliphatic heterocycles. The molecule has 7 heteroatoms. The topological polar surface area (TPSA) is 56.1 Å². The zero-order chi connectivity index (χ0) is 13.7. The van der Waals surface area contributed by atoms with Gasteiger partial charge in [-0.3, -0.25) is 4.57 Å². The number of aromatic nitrogens is 2. The summed E-state index contributed by atoms with van der Waals surface area (Å²) in [7, 11) is 0. The standard InChI is InChI=1S/C12H11F2N3O2/c13-11(14)19-10-4-2-1-3-9(10)7-16-12(18)17-6-5-15-8-17/h1-6,8,11H,7H2,(H,16,18). The van der Waals surface area contributed by atoms with Crippen molar-refractivity contribution in [3.63, 3.8) is 0 Å². The van der Waals surface area contributed by atoms with Gasteiger partial charge >= 0.3 is 12.6 Å². The van der Waals surface area contributed by atoms with Gasteiger partial charge in [0.25, 0.3) is 0 Å². The molecule has 1 aromatic heterocycles. The second-order valence-electron chi connectivity index (χ2n) is 3.61. The van der Waals surface area contributed by atoms with E-state index in [9.17, 15) is 13.6 Å². The lowest BCUT2D eigenvalue weighted by Gasteiger charge is -2.11. The monoisotopic (exact) mass is 267 g/mol. The molecular formula is C12H11F2N3O2. The third-order valence-electron chi connectivity index (χ3n) is 2.36. The summed E-state index contributed by atoms with van der Waals surface area (Å²) in [5.74, 6) is 0.0448. The average molecular weight is 267 g/mol. The van der Waals surface area contributed by atoms with Gasteiger partial charge in [-0.15, -0.1) is 0 Å². The fourth-order valence-electron chi connectivity index (χ4n) is 1.50. The molecule has 1 amide bonds. The van der Waals surface area contributed by atoms with Crippen LogP contribution in [0, 0.1) is 0 Å². The van der Waals surface area contributed by atoms with Crippen LogP contribution in [0.15, 0.2) is 43.0 Å². The highest BCUT2D eigenvalue weighted by Crippen LogP contribution is 2.19. The maximum absolute atomic E-state index is 12.2. The number of benzene rings is 1. The fraction of sp³-hybridized carbons (Fsp3) is 0.167. The lowest BCUT2D eigenvalue weighted by atomic mass is 10.2. The van der Waals surface area contributed by atoms with Crippen LogP contribution in [-0.4, -0.2) is 22.2 Å². The van der Waals surface area contributed by atoms with Crippen molar-refractivity contribution in [2.24, 2.45) is 0 Å². The number of para-hydroxylation sites is 1. The second kappa shape index (κ2) is 5.94. The number of imidazole rings is 1. The molecule has 100 valence electrons. The molecule has 19 heavy (non-hydrogen) atoms. The summed E-state index contributed by atoms with van der Waals surface area (Å²) in [5.41, 5.74) is 0.469. The summed E-state index contributed by atoms with van der Waals surface area (Å²) in [6.07, 6.45) is 4.29. The number of alkyl halides is 2. The van der Waals surface area contributed by atoms with Crippen molar-refractivity contribution in [3.05, 3.63) is 48.5 Å². The Labute approximate surface area is 107 Å². The molecule has 0 saturated carbocycles. The van der Waals surface area contributed by atoms with Gasteiger partial charge in [-0.2, -0.15) is 8.78 Å². The molecule has 0 bridgehead atoms. The predicted molar refractivity (Wildman–Crippen MR) is 62.9 cm³/mol. The van der Waals surface area contributed by atoms with Crippen molar-refractivity contribution in [2.45, 2.75) is 13.2 Å². The first-order valence-electron chi connectivity index (χ1n) is 5.45. The number of halogens is 2. The SMILES string of the molecule is O=C(NCc1ccccc1OC(F)F)n1ccnc1. The first kappa shape index (κ1) is 13.0. The molecule has 1 heterocycles. The molecule has 2 rings (SSSR count). The minimum absolute atomic E-state index is 0.0448. The second-order valence-corrected chi connectivity index (χ2v) is 3.61. The van der Waals surface area contributed by atoms with E-state index in [0.29, 0.717) is 5.56 Å². The van der Waals surface area contributed by atoms with Crippen molar-refractivity contribution < 1.29 is 18.3 Å². The molecule has 0 spiro atoms. The van der Waals surface area contributed by atoms with Crippen molar-refractivity contribution in [3.8, 4) is 5.75 Å². The van der Waals surface area contributed by atoms with E-state index in [1.807, 2.05) is 0 Å². The van der Waals surface area contributed by atoms with Gasteiger partial charge in [-0.25, -0.2) is 9.78 Å². The highest BCUT2D eigenvalue weighted by atomic mass is 19.3. The Morgan fingerprint density at radius 1 is 1.42 bits per heavy atom. The number of ether oxygens (including phenoxy) is 1. The van der Waals surface area contributed by atoms with Gasteiger partial charge in [-0.1, -0.05) is 18.2 Å². The van der Waals surface area contributed by atoms with Gasteiger partial charge < -0.3 is 10.1 Å². The quantitative estimate of drug-likeness (QED) is 0.924. The number of nitrogens with one attached hydrogen (secondary N) is 1. The maximum Gasteiger partial charge on any atom is 0.387 e. The summed E-state index contributed by atoms with van der Waals surface area (Å²) >= 11 is 0. The first-order valence-corrected chi connectivity index (χ1v) is 5.45. The van der Waals surface area contributed by atoms with Gasteiger partial charge in [0.2, 0.25) is 0 Å². The number of carbonyl (C=O) groups is 1. The maximum atomic E-state index is 12.2. The summed E-state index contributed by atoms with van der Waals surface area (Å²) < 4.78 is 30.0. The van der Waals surface area contributed by atoms with Crippen LogP contribution in [0.5, 0.6) is 5.75 Å². The fourth-order valence-corrected chi connectivity index (χ4v) is 1.50. The Morgan fingerprint density at radius 3 is 2.89 bits per heavy atom. The number of nitrogens with zero attached hydrogens (tertiary/aromatic N) is 2. The molecule has 1 aromatic carbocycles. The lowest BCUT2D eigenvalue weighted by molar-refractivity contribution is -0.0504. The highest BCUT2D eigenvalue weighted by molar-refractivity contribution is 5.76. The van der Waals surface area contributed by atoms with E-state index >= 15 is 0 Å². The number of carbonyl (C=O) groups excluding carboxylic acids is 1. The minimum Gasteiger partial charge on any atom is -0.434 e. The smallest absolute Gasteiger partial charge is 0.387 e. The number of rotatable bonds is 4. The van der Waals surface area contributed by atoms with Crippen LogP contribution >= 0.6 is 0 Å². The van der Waals surface area contributed by atoms with E-state index in [4.69, 9.17) is 0 Å². The van der Waals surface area contributed by atoms with Crippen LogP contribution in [0.25, 0.3) is 0 Å². The normalized spacial score (nSPS) is 10.5. The van der Waals surface area contributed by atoms with Crippen LogP contribution in [0.3, 0.4) is 0 Å². The molecule has 0 unspecified atom stereocenters. The van der Waals surface area contributed by atoms with Crippen LogP contribution < -0.4 is 10.1 Å². The molecule has 0 fully saturated rings. The van der Waals surface area contributed by atoms with Gasteiger partial charge in [0.15, 0.2) is 0 Å². The number of amides is 1. The Hall–Kier alpha value is -2.44. The van der Waals surface area contributed by atoms with Gasteiger partial charge in [0.1, 0.15) is 12.1 Å². The molecule has 0 aliphatic carbocycles. The molecular weight excluding hydrogens is 256 g/mol. The van der Waals surface area contributed by atoms with E-state index in [-0.39, 0.29) is 12.3 Å². The molecule has 0 atom stereocenters. The summed E-state index contributed by atoms with van der Waals surface area (Å²) in [4.78, 5) is 15.4. The van der Waals surface area contributed by atoms with Crippen LogP contribution in [0.2, 0.25) is 0 Å². The molecule has 1 N–H and O–H groups in total. The Balaban J connectivity index is 2.01.